The highest BCUT2D eigenvalue weighted by molar-refractivity contribution is 4.47. The fraction of sp³-hybridized carbons (Fsp3) is 1.00. The fourth-order valence-corrected chi connectivity index (χ4v) is 1.39. The smallest absolute Gasteiger partial charge is 0.102 e. The molecule has 0 fully saturated rings. The summed E-state index contributed by atoms with van der Waals surface area (Å²) in [5, 5.41) is 11.9. The highest BCUT2D eigenvalue weighted by atomic mass is 16.5. The summed E-state index contributed by atoms with van der Waals surface area (Å²) in [6, 6.07) is 0. The Kier molecular flexibility index (Phi) is 11.9. The Hall–Kier alpha value is -0.120. The van der Waals surface area contributed by atoms with Gasteiger partial charge in [-0.1, -0.05) is 32.6 Å². The summed E-state index contributed by atoms with van der Waals surface area (Å²) in [5.74, 6) is 0. The minimum atomic E-state index is -0.404. The Morgan fingerprint density at radius 3 is 2.40 bits per heavy atom. The van der Waals surface area contributed by atoms with Crippen LogP contribution >= 0.6 is 0 Å². The van der Waals surface area contributed by atoms with Gasteiger partial charge in [0.25, 0.3) is 0 Å². The Bertz CT molecular complexity index is 118. The van der Waals surface area contributed by atoms with Gasteiger partial charge in [0.1, 0.15) is 6.23 Å². The van der Waals surface area contributed by atoms with Crippen LogP contribution in [0, 0.1) is 0 Å². The molecule has 1 atom stereocenters. The van der Waals surface area contributed by atoms with E-state index in [1.165, 1.54) is 32.1 Å². The minimum absolute atomic E-state index is 0.404. The summed E-state index contributed by atoms with van der Waals surface area (Å²) in [5.41, 5.74) is 0. The van der Waals surface area contributed by atoms with Crippen LogP contribution in [0.3, 0.4) is 0 Å². The second kappa shape index (κ2) is 12.0. The van der Waals surface area contributed by atoms with Crippen molar-refractivity contribution >= 4 is 0 Å². The number of hydrogen-bond acceptors (Lipinski definition) is 3. The molecule has 0 saturated heterocycles. The van der Waals surface area contributed by atoms with E-state index in [1.807, 2.05) is 0 Å². The molecule has 0 rings (SSSR count). The van der Waals surface area contributed by atoms with Crippen molar-refractivity contribution in [1.82, 2.24) is 5.32 Å². The summed E-state index contributed by atoms with van der Waals surface area (Å²) in [6.45, 7) is 6.47. The van der Waals surface area contributed by atoms with E-state index in [0.717, 1.165) is 26.2 Å². The van der Waals surface area contributed by atoms with Gasteiger partial charge >= 0.3 is 0 Å². The van der Waals surface area contributed by atoms with E-state index in [2.05, 4.69) is 12.2 Å². The number of aliphatic hydroxyl groups excluding tert-OH is 1. The predicted molar refractivity (Wildman–Crippen MR) is 63.9 cm³/mol. The average Bonchev–Trinajstić information content (AvgIpc) is 2.20. The van der Waals surface area contributed by atoms with Gasteiger partial charge in [-0.05, 0) is 26.3 Å². The van der Waals surface area contributed by atoms with Crippen molar-refractivity contribution in [3.8, 4) is 0 Å². The van der Waals surface area contributed by atoms with Crippen molar-refractivity contribution in [3.63, 3.8) is 0 Å². The molecule has 0 heterocycles. The quantitative estimate of drug-likeness (QED) is 0.412. The Labute approximate surface area is 94.2 Å². The first kappa shape index (κ1) is 14.9. The third-order valence-electron chi connectivity index (χ3n) is 2.30. The summed E-state index contributed by atoms with van der Waals surface area (Å²) >= 11 is 0. The summed E-state index contributed by atoms with van der Waals surface area (Å²) < 4.78 is 5.47. The normalized spacial score (nSPS) is 13.0. The van der Waals surface area contributed by atoms with Gasteiger partial charge < -0.3 is 9.84 Å². The van der Waals surface area contributed by atoms with E-state index in [1.54, 1.807) is 6.92 Å². The van der Waals surface area contributed by atoms with E-state index in [0.29, 0.717) is 0 Å². The maximum Gasteiger partial charge on any atom is 0.102 e. The molecular formula is C12H27NO2. The maximum atomic E-state index is 8.92. The van der Waals surface area contributed by atoms with Crippen molar-refractivity contribution in [1.29, 1.82) is 0 Å². The molecule has 0 saturated carbocycles. The lowest BCUT2D eigenvalue weighted by Gasteiger charge is -2.07. The molecule has 92 valence electrons. The van der Waals surface area contributed by atoms with Crippen molar-refractivity contribution in [2.75, 3.05) is 19.8 Å². The summed E-state index contributed by atoms with van der Waals surface area (Å²) in [7, 11) is 0. The molecule has 0 aliphatic carbocycles. The molecule has 1 unspecified atom stereocenters. The Balaban J connectivity index is 2.87. The number of unbranched alkanes of at least 4 members (excludes halogenated alkanes) is 4. The number of aliphatic hydroxyl groups is 1. The molecule has 0 aromatic rings. The van der Waals surface area contributed by atoms with Crippen LogP contribution in [-0.2, 0) is 4.74 Å². The SMILES string of the molecule is CCCCCCCOCCCNC(C)O. The van der Waals surface area contributed by atoms with Crippen molar-refractivity contribution in [2.45, 2.75) is 58.6 Å². The molecule has 3 heteroatoms. The zero-order chi connectivity index (χ0) is 11.4. The van der Waals surface area contributed by atoms with Crippen LogP contribution in [-0.4, -0.2) is 31.1 Å². The molecule has 15 heavy (non-hydrogen) atoms. The van der Waals surface area contributed by atoms with E-state index in [4.69, 9.17) is 9.84 Å². The molecule has 0 amide bonds. The molecule has 0 aromatic heterocycles. The molecule has 0 spiro atoms. The lowest BCUT2D eigenvalue weighted by molar-refractivity contribution is 0.117. The number of rotatable bonds is 11. The molecule has 3 nitrogen and oxygen atoms in total. The van der Waals surface area contributed by atoms with Crippen molar-refractivity contribution in [3.05, 3.63) is 0 Å². The number of nitrogens with one attached hydrogen (secondary N) is 1. The van der Waals surface area contributed by atoms with Crippen LogP contribution in [0.5, 0.6) is 0 Å². The van der Waals surface area contributed by atoms with Crippen LogP contribution < -0.4 is 5.32 Å². The molecule has 0 bridgehead atoms. The highest BCUT2D eigenvalue weighted by Gasteiger charge is 1.93. The number of ether oxygens (including phenoxy) is 1. The van der Waals surface area contributed by atoms with Crippen molar-refractivity contribution < 1.29 is 9.84 Å². The first-order valence-electron chi connectivity index (χ1n) is 6.26. The minimum Gasteiger partial charge on any atom is -0.381 e. The molecule has 0 aliphatic heterocycles. The Morgan fingerprint density at radius 2 is 1.73 bits per heavy atom. The van der Waals surface area contributed by atoms with Crippen molar-refractivity contribution in [2.24, 2.45) is 0 Å². The van der Waals surface area contributed by atoms with Gasteiger partial charge in [-0.2, -0.15) is 0 Å². The first-order chi connectivity index (χ1) is 7.27. The van der Waals surface area contributed by atoms with Crippen LogP contribution in [0.4, 0.5) is 0 Å². The van der Waals surface area contributed by atoms with Crippen LogP contribution in [0.1, 0.15) is 52.4 Å². The molecule has 0 aromatic carbocycles. The monoisotopic (exact) mass is 217 g/mol. The lowest BCUT2D eigenvalue weighted by atomic mass is 10.2. The second-order valence-electron chi connectivity index (χ2n) is 4.01. The van der Waals surface area contributed by atoms with Crippen LogP contribution in [0.25, 0.3) is 0 Å². The third-order valence-corrected chi connectivity index (χ3v) is 2.30. The van der Waals surface area contributed by atoms with E-state index < -0.39 is 6.23 Å². The summed E-state index contributed by atoms with van der Waals surface area (Å²) in [6.07, 6.45) is 7.02. The molecular weight excluding hydrogens is 190 g/mol. The topological polar surface area (TPSA) is 41.5 Å². The van der Waals surface area contributed by atoms with Crippen LogP contribution in [0.2, 0.25) is 0 Å². The largest absolute Gasteiger partial charge is 0.381 e. The fourth-order valence-electron chi connectivity index (χ4n) is 1.39. The lowest BCUT2D eigenvalue weighted by Crippen LogP contribution is -2.26. The summed E-state index contributed by atoms with van der Waals surface area (Å²) in [4.78, 5) is 0. The predicted octanol–water partition coefficient (Wildman–Crippen LogP) is 2.29. The van der Waals surface area contributed by atoms with E-state index in [-0.39, 0.29) is 0 Å². The van der Waals surface area contributed by atoms with E-state index in [9.17, 15) is 0 Å². The van der Waals surface area contributed by atoms with Gasteiger partial charge in [0.05, 0.1) is 0 Å². The molecule has 0 aliphatic rings. The first-order valence-corrected chi connectivity index (χ1v) is 6.26. The van der Waals surface area contributed by atoms with E-state index >= 15 is 0 Å². The zero-order valence-corrected chi connectivity index (χ0v) is 10.3. The third kappa shape index (κ3) is 13.9. The van der Waals surface area contributed by atoms with Gasteiger partial charge in [0, 0.05) is 13.2 Å². The molecule has 0 radical (unpaired) electrons. The number of hydrogen-bond donors (Lipinski definition) is 2. The van der Waals surface area contributed by atoms with Gasteiger partial charge in [0.15, 0.2) is 0 Å². The molecule has 2 N–H and O–H groups in total. The van der Waals surface area contributed by atoms with Crippen LogP contribution in [0.15, 0.2) is 0 Å². The van der Waals surface area contributed by atoms with Gasteiger partial charge in [-0.25, -0.2) is 0 Å². The average molecular weight is 217 g/mol. The highest BCUT2D eigenvalue weighted by Crippen LogP contribution is 2.02. The van der Waals surface area contributed by atoms with Gasteiger partial charge in [-0.3, -0.25) is 5.32 Å². The standard InChI is InChI=1S/C12H27NO2/c1-3-4-5-6-7-10-15-11-8-9-13-12(2)14/h12-14H,3-11H2,1-2H3. The second-order valence-corrected chi connectivity index (χ2v) is 4.01. The Morgan fingerprint density at radius 1 is 1.07 bits per heavy atom. The van der Waals surface area contributed by atoms with Gasteiger partial charge in [0.2, 0.25) is 0 Å². The van der Waals surface area contributed by atoms with Gasteiger partial charge in [-0.15, -0.1) is 0 Å². The maximum absolute atomic E-state index is 8.92. The zero-order valence-electron chi connectivity index (χ0n) is 10.3.